The summed E-state index contributed by atoms with van der Waals surface area (Å²) in [6, 6.07) is 6.72. The average Bonchev–Trinajstić information content (AvgIpc) is 2.65. The second kappa shape index (κ2) is 4.63. The Balaban J connectivity index is 2.11. The van der Waals surface area contributed by atoms with Crippen molar-refractivity contribution in [1.82, 2.24) is 4.98 Å². The first kappa shape index (κ1) is 11.1. The molecule has 4 nitrogen and oxygen atoms in total. The highest BCUT2D eigenvalue weighted by Crippen LogP contribution is 2.23. The zero-order chi connectivity index (χ0) is 11.5. The van der Waals surface area contributed by atoms with Crippen LogP contribution in [0.15, 0.2) is 34.2 Å². The second-order valence-corrected chi connectivity index (χ2v) is 5.46. The smallest absolute Gasteiger partial charge is 0.257 e. The minimum atomic E-state index is -0.193. The average molecular weight is 298 g/mol. The molecule has 0 bridgehead atoms. The third kappa shape index (κ3) is 2.59. The lowest BCUT2D eigenvalue weighted by atomic mass is 10.2. The highest BCUT2D eigenvalue weighted by atomic mass is 79.9. The summed E-state index contributed by atoms with van der Waals surface area (Å²) in [5.74, 6) is -0.193. The van der Waals surface area contributed by atoms with Gasteiger partial charge in [-0.25, -0.2) is 4.98 Å². The third-order valence-corrected chi connectivity index (χ3v) is 3.26. The summed E-state index contributed by atoms with van der Waals surface area (Å²) in [7, 11) is 0. The first-order chi connectivity index (χ1) is 7.65. The number of rotatable bonds is 2. The van der Waals surface area contributed by atoms with E-state index in [0.29, 0.717) is 16.4 Å². The van der Waals surface area contributed by atoms with Crippen molar-refractivity contribution in [2.75, 3.05) is 11.1 Å². The van der Waals surface area contributed by atoms with E-state index in [0.717, 1.165) is 3.79 Å². The number of benzene rings is 1. The molecule has 1 heterocycles. The van der Waals surface area contributed by atoms with Crippen LogP contribution < -0.4 is 11.1 Å². The number of carbonyl (C=O) groups is 1. The number of amides is 1. The zero-order valence-corrected chi connectivity index (χ0v) is 10.5. The molecule has 0 saturated carbocycles. The Morgan fingerprint density at radius 1 is 1.38 bits per heavy atom. The Bertz CT molecular complexity index is 509. The second-order valence-electron chi connectivity index (χ2n) is 3.05. The molecule has 0 atom stereocenters. The number of hydrogen-bond acceptors (Lipinski definition) is 4. The van der Waals surface area contributed by atoms with E-state index < -0.39 is 0 Å². The van der Waals surface area contributed by atoms with Gasteiger partial charge in [0.15, 0.2) is 5.13 Å². The first-order valence-corrected chi connectivity index (χ1v) is 6.04. The highest BCUT2D eigenvalue weighted by molar-refractivity contribution is 9.11. The summed E-state index contributed by atoms with van der Waals surface area (Å²) in [6.07, 6.45) is 1.64. The number of nitrogens with two attached hydrogens (primary N) is 1. The summed E-state index contributed by atoms with van der Waals surface area (Å²) >= 11 is 4.64. The monoisotopic (exact) mass is 297 g/mol. The van der Waals surface area contributed by atoms with Gasteiger partial charge in [-0.3, -0.25) is 10.1 Å². The molecule has 1 aromatic heterocycles. The first-order valence-electron chi connectivity index (χ1n) is 4.43. The lowest BCUT2D eigenvalue weighted by Gasteiger charge is -2.01. The van der Waals surface area contributed by atoms with Gasteiger partial charge in [-0.2, -0.15) is 0 Å². The van der Waals surface area contributed by atoms with Crippen molar-refractivity contribution < 1.29 is 4.79 Å². The van der Waals surface area contributed by atoms with Crippen LogP contribution in [-0.4, -0.2) is 10.9 Å². The van der Waals surface area contributed by atoms with Crippen LogP contribution in [0.2, 0.25) is 0 Å². The van der Waals surface area contributed by atoms with Gasteiger partial charge in [0.1, 0.15) is 0 Å². The summed E-state index contributed by atoms with van der Waals surface area (Å²) < 4.78 is 0.875. The van der Waals surface area contributed by atoms with Gasteiger partial charge < -0.3 is 5.73 Å². The lowest BCUT2D eigenvalue weighted by Crippen LogP contribution is -2.11. The lowest BCUT2D eigenvalue weighted by molar-refractivity contribution is 0.102. The van der Waals surface area contributed by atoms with E-state index in [1.165, 1.54) is 11.3 Å². The van der Waals surface area contributed by atoms with E-state index in [9.17, 15) is 4.79 Å². The van der Waals surface area contributed by atoms with E-state index in [2.05, 4.69) is 26.2 Å². The Morgan fingerprint density at radius 2 is 2.06 bits per heavy atom. The van der Waals surface area contributed by atoms with E-state index in [4.69, 9.17) is 5.73 Å². The fourth-order valence-corrected chi connectivity index (χ4v) is 2.22. The quantitative estimate of drug-likeness (QED) is 0.838. The Kier molecular flexibility index (Phi) is 3.21. The molecular weight excluding hydrogens is 290 g/mol. The molecule has 0 spiro atoms. The van der Waals surface area contributed by atoms with Crippen molar-refractivity contribution in [1.29, 1.82) is 0 Å². The van der Waals surface area contributed by atoms with Crippen LogP contribution in [0.25, 0.3) is 0 Å². The molecule has 2 rings (SSSR count). The number of nitrogens with one attached hydrogen (secondary N) is 1. The maximum absolute atomic E-state index is 11.7. The molecule has 0 aliphatic carbocycles. The molecule has 1 aromatic carbocycles. The predicted molar refractivity (Wildman–Crippen MR) is 68.6 cm³/mol. The van der Waals surface area contributed by atoms with Crippen molar-refractivity contribution in [2.45, 2.75) is 0 Å². The molecule has 0 fully saturated rings. The fourth-order valence-electron chi connectivity index (χ4n) is 1.12. The van der Waals surface area contributed by atoms with Crippen LogP contribution >= 0.6 is 27.3 Å². The summed E-state index contributed by atoms with van der Waals surface area (Å²) in [5, 5.41) is 3.26. The van der Waals surface area contributed by atoms with E-state index >= 15 is 0 Å². The number of thiazole rings is 1. The van der Waals surface area contributed by atoms with Gasteiger partial charge in [-0.1, -0.05) is 11.3 Å². The molecule has 1 amide bonds. The Labute approximate surface area is 105 Å². The van der Waals surface area contributed by atoms with Crippen molar-refractivity contribution in [2.24, 2.45) is 0 Å². The van der Waals surface area contributed by atoms with Gasteiger partial charge in [-0.05, 0) is 40.2 Å². The summed E-state index contributed by atoms with van der Waals surface area (Å²) in [6.45, 7) is 0. The number of nitrogen functional groups attached to an aromatic ring is 1. The molecular formula is C10H8BrN3OS. The minimum Gasteiger partial charge on any atom is -0.399 e. The minimum absolute atomic E-state index is 0.193. The van der Waals surface area contributed by atoms with Crippen molar-refractivity contribution in [3.8, 4) is 0 Å². The highest BCUT2D eigenvalue weighted by Gasteiger charge is 2.07. The van der Waals surface area contributed by atoms with E-state index in [-0.39, 0.29) is 5.91 Å². The predicted octanol–water partition coefficient (Wildman–Crippen LogP) is 2.74. The molecule has 6 heteroatoms. The molecule has 2 aromatic rings. The number of aromatic nitrogens is 1. The van der Waals surface area contributed by atoms with Crippen LogP contribution in [0.3, 0.4) is 0 Å². The third-order valence-electron chi connectivity index (χ3n) is 1.87. The largest absolute Gasteiger partial charge is 0.399 e. The van der Waals surface area contributed by atoms with Crippen molar-refractivity contribution in [3.05, 3.63) is 39.8 Å². The van der Waals surface area contributed by atoms with Crippen LogP contribution in [0.1, 0.15) is 10.4 Å². The van der Waals surface area contributed by atoms with E-state index in [1.807, 2.05) is 0 Å². The molecule has 0 aliphatic rings. The van der Waals surface area contributed by atoms with Crippen LogP contribution in [-0.2, 0) is 0 Å². The van der Waals surface area contributed by atoms with Crippen molar-refractivity contribution in [3.63, 3.8) is 0 Å². The molecule has 82 valence electrons. The molecule has 0 radical (unpaired) electrons. The number of anilines is 2. The standard InChI is InChI=1S/C10H8BrN3OS/c11-8-5-13-10(16-8)14-9(15)6-1-3-7(12)4-2-6/h1-5H,12H2,(H,13,14,15). The number of halogens is 1. The van der Waals surface area contributed by atoms with Gasteiger partial charge in [0.2, 0.25) is 0 Å². The summed E-state index contributed by atoms with van der Waals surface area (Å²) in [5.41, 5.74) is 6.72. The fraction of sp³-hybridized carbons (Fsp3) is 0. The molecule has 0 unspecified atom stereocenters. The number of hydrogen-bond donors (Lipinski definition) is 2. The summed E-state index contributed by atoms with van der Waals surface area (Å²) in [4.78, 5) is 15.7. The Morgan fingerprint density at radius 3 is 2.62 bits per heavy atom. The SMILES string of the molecule is Nc1ccc(C(=O)Nc2ncc(Br)s2)cc1. The van der Waals surface area contributed by atoms with Crippen LogP contribution in [0.4, 0.5) is 10.8 Å². The van der Waals surface area contributed by atoms with Crippen LogP contribution in [0.5, 0.6) is 0 Å². The molecule has 3 N–H and O–H groups in total. The Hall–Kier alpha value is -1.40. The molecule has 0 saturated heterocycles. The maximum atomic E-state index is 11.7. The number of nitrogens with zero attached hydrogens (tertiary/aromatic N) is 1. The van der Waals surface area contributed by atoms with Crippen LogP contribution in [0, 0.1) is 0 Å². The van der Waals surface area contributed by atoms with Gasteiger partial charge >= 0.3 is 0 Å². The van der Waals surface area contributed by atoms with Gasteiger partial charge in [0.25, 0.3) is 5.91 Å². The number of carbonyl (C=O) groups excluding carboxylic acids is 1. The molecule has 16 heavy (non-hydrogen) atoms. The zero-order valence-electron chi connectivity index (χ0n) is 8.11. The normalized spacial score (nSPS) is 10.1. The van der Waals surface area contributed by atoms with Gasteiger partial charge in [-0.15, -0.1) is 0 Å². The maximum Gasteiger partial charge on any atom is 0.257 e. The van der Waals surface area contributed by atoms with Gasteiger partial charge in [0.05, 0.1) is 9.98 Å². The van der Waals surface area contributed by atoms with Gasteiger partial charge in [0, 0.05) is 11.3 Å². The molecule has 0 aliphatic heterocycles. The van der Waals surface area contributed by atoms with E-state index in [1.54, 1.807) is 30.5 Å². The topological polar surface area (TPSA) is 68.0 Å². The van der Waals surface area contributed by atoms with Crippen molar-refractivity contribution >= 4 is 44.0 Å².